The first-order valence-electron chi connectivity index (χ1n) is 7.49. The highest BCUT2D eigenvalue weighted by Crippen LogP contribution is 2.32. The molecule has 7 heteroatoms. The maximum absolute atomic E-state index is 12.5. The molecule has 2 bridgehead atoms. The largest absolute Gasteiger partial charge is 0.371 e. The number of hydrogen-bond acceptors (Lipinski definition) is 4. The van der Waals surface area contributed by atoms with Gasteiger partial charge >= 0.3 is 5.76 Å². The molecule has 1 aromatic rings. The summed E-state index contributed by atoms with van der Waals surface area (Å²) < 4.78 is 47.9. The summed E-state index contributed by atoms with van der Waals surface area (Å²) >= 11 is 0. The summed E-state index contributed by atoms with van der Waals surface area (Å²) in [6.45, 7) is 0. The lowest BCUT2D eigenvalue weighted by molar-refractivity contribution is 0.234. The van der Waals surface area contributed by atoms with Crippen LogP contribution in [0.4, 0.5) is 14.5 Å². The van der Waals surface area contributed by atoms with E-state index in [0.29, 0.717) is 18.1 Å². The van der Waals surface area contributed by atoms with Crippen molar-refractivity contribution in [2.45, 2.75) is 54.5 Å². The monoisotopic (exact) mass is 330 g/mol. The normalized spacial score (nSPS) is 28.1. The van der Waals surface area contributed by atoms with Gasteiger partial charge in [-0.3, -0.25) is 0 Å². The number of piperidine rings is 1. The first-order valence-corrected chi connectivity index (χ1v) is 9.03. The lowest BCUT2D eigenvalue weighted by atomic mass is 9.98. The summed E-state index contributed by atoms with van der Waals surface area (Å²) in [6, 6.07) is 7.27. The number of nitrogens with one attached hydrogen (secondary N) is 1. The molecule has 122 valence electrons. The zero-order chi connectivity index (χ0) is 15.9. The third-order valence-electron chi connectivity index (χ3n) is 4.80. The van der Waals surface area contributed by atoms with Gasteiger partial charge in [-0.05, 0) is 49.9 Å². The van der Waals surface area contributed by atoms with E-state index in [4.69, 9.17) is 0 Å². The van der Waals surface area contributed by atoms with Gasteiger partial charge in [-0.15, -0.1) is 0 Å². The van der Waals surface area contributed by atoms with Crippen molar-refractivity contribution >= 4 is 15.5 Å². The number of halogens is 2. The second kappa shape index (κ2) is 5.77. The van der Waals surface area contributed by atoms with Crippen LogP contribution in [0.25, 0.3) is 0 Å². The molecule has 2 unspecified atom stereocenters. The zero-order valence-corrected chi connectivity index (χ0v) is 13.2. The minimum atomic E-state index is -4.51. The SMILES string of the molecule is CN(c1ccc(S(=O)(=O)C(F)F)cc1)C1CC2CCC(C1)N2. The van der Waals surface area contributed by atoms with Gasteiger partial charge in [-0.25, -0.2) is 8.42 Å². The van der Waals surface area contributed by atoms with Crippen molar-refractivity contribution in [2.75, 3.05) is 11.9 Å². The van der Waals surface area contributed by atoms with E-state index < -0.39 is 15.6 Å². The quantitative estimate of drug-likeness (QED) is 0.921. The number of fused-ring (bicyclic) bond motifs is 2. The van der Waals surface area contributed by atoms with Crippen LogP contribution in [-0.4, -0.2) is 39.3 Å². The molecule has 2 saturated heterocycles. The Morgan fingerprint density at radius 2 is 1.68 bits per heavy atom. The molecule has 1 aromatic carbocycles. The molecule has 0 amide bonds. The number of alkyl halides is 2. The Morgan fingerprint density at radius 3 is 2.18 bits per heavy atom. The van der Waals surface area contributed by atoms with Gasteiger partial charge in [0.15, 0.2) is 0 Å². The van der Waals surface area contributed by atoms with Gasteiger partial charge in [0.2, 0.25) is 9.84 Å². The Hall–Kier alpha value is -1.21. The molecule has 0 aliphatic carbocycles. The minimum Gasteiger partial charge on any atom is -0.371 e. The van der Waals surface area contributed by atoms with E-state index in [2.05, 4.69) is 10.2 Å². The lowest BCUT2D eigenvalue weighted by Gasteiger charge is -2.37. The van der Waals surface area contributed by atoms with E-state index in [-0.39, 0.29) is 4.90 Å². The molecule has 2 aliphatic heterocycles. The average Bonchev–Trinajstić information content (AvgIpc) is 2.84. The fourth-order valence-electron chi connectivity index (χ4n) is 3.53. The summed E-state index contributed by atoms with van der Waals surface area (Å²) in [5.74, 6) is -3.38. The second-order valence-corrected chi connectivity index (χ2v) is 8.09. The highest BCUT2D eigenvalue weighted by Gasteiger charge is 2.35. The number of benzene rings is 1. The van der Waals surface area contributed by atoms with Crippen LogP contribution >= 0.6 is 0 Å². The Labute approximate surface area is 129 Å². The summed E-state index contributed by atoms with van der Waals surface area (Å²) in [4.78, 5) is 1.80. The Morgan fingerprint density at radius 1 is 1.14 bits per heavy atom. The molecule has 2 aliphatic rings. The molecule has 2 fully saturated rings. The van der Waals surface area contributed by atoms with Crippen LogP contribution < -0.4 is 10.2 Å². The third kappa shape index (κ3) is 2.84. The molecule has 4 nitrogen and oxygen atoms in total. The number of sulfone groups is 1. The Balaban J connectivity index is 1.75. The van der Waals surface area contributed by atoms with Gasteiger partial charge < -0.3 is 10.2 Å². The minimum absolute atomic E-state index is 0.329. The van der Waals surface area contributed by atoms with Crippen LogP contribution in [0.2, 0.25) is 0 Å². The Kier molecular flexibility index (Phi) is 4.11. The molecule has 1 N–H and O–H groups in total. The maximum atomic E-state index is 12.5. The van der Waals surface area contributed by atoms with Crippen molar-refractivity contribution in [3.05, 3.63) is 24.3 Å². The summed E-state index contributed by atoms with van der Waals surface area (Å²) in [5.41, 5.74) is 0.861. The van der Waals surface area contributed by atoms with Crippen LogP contribution in [0.5, 0.6) is 0 Å². The van der Waals surface area contributed by atoms with Crippen LogP contribution in [0.1, 0.15) is 25.7 Å². The van der Waals surface area contributed by atoms with Crippen molar-refractivity contribution in [2.24, 2.45) is 0 Å². The van der Waals surface area contributed by atoms with Crippen LogP contribution in [-0.2, 0) is 9.84 Å². The van der Waals surface area contributed by atoms with Crippen LogP contribution in [0, 0.1) is 0 Å². The third-order valence-corrected chi connectivity index (χ3v) is 6.20. The van der Waals surface area contributed by atoms with Crippen molar-refractivity contribution in [1.29, 1.82) is 0 Å². The predicted octanol–water partition coefficient (Wildman–Crippen LogP) is 2.40. The first-order chi connectivity index (χ1) is 10.4. The summed E-state index contributed by atoms with van der Waals surface area (Å²) in [5, 5.41) is 3.58. The van der Waals surface area contributed by atoms with Gasteiger partial charge in [0, 0.05) is 30.9 Å². The second-order valence-electron chi connectivity index (χ2n) is 6.17. The highest BCUT2D eigenvalue weighted by molar-refractivity contribution is 7.91. The molecular formula is C15H20F2N2O2S. The summed E-state index contributed by atoms with van der Waals surface area (Å²) in [7, 11) is -2.54. The number of anilines is 1. The van der Waals surface area contributed by atoms with Crippen LogP contribution in [0.3, 0.4) is 0 Å². The molecule has 2 atom stereocenters. The van der Waals surface area contributed by atoms with Gasteiger partial charge in [-0.2, -0.15) is 8.78 Å². The molecule has 0 saturated carbocycles. The number of nitrogens with zero attached hydrogens (tertiary/aromatic N) is 1. The standard InChI is InChI=1S/C15H20F2N2O2S/c1-19(13-8-10-2-3-11(9-13)18-10)12-4-6-14(7-5-12)22(20,21)15(16)17/h4-7,10-11,13,15,18H,2-3,8-9H2,1H3. The maximum Gasteiger partial charge on any atom is 0.341 e. The van der Waals surface area contributed by atoms with E-state index in [1.54, 1.807) is 12.1 Å². The molecule has 0 aromatic heterocycles. The predicted molar refractivity (Wildman–Crippen MR) is 81.0 cm³/mol. The fourth-order valence-corrected chi connectivity index (χ4v) is 4.25. The summed E-state index contributed by atoms with van der Waals surface area (Å²) in [6.07, 6.45) is 4.54. The van der Waals surface area contributed by atoms with Crippen molar-refractivity contribution in [1.82, 2.24) is 5.32 Å². The van der Waals surface area contributed by atoms with Crippen molar-refractivity contribution in [3.63, 3.8) is 0 Å². The lowest BCUT2D eigenvalue weighted by Crippen LogP contribution is -2.47. The van der Waals surface area contributed by atoms with Crippen LogP contribution in [0.15, 0.2) is 29.2 Å². The Bertz CT molecular complexity index is 621. The fraction of sp³-hybridized carbons (Fsp3) is 0.600. The molecule has 3 rings (SSSR count). The number of hydrogen-bond donors (Lipinski definition) is 1. The van der Waals surface area contributed by atoms with Gasteiger partial charge in [-0.1, -0.05) is 0 Å². The molecule has 0 spiro atoms. The zero-order valence-electron chi connectivity index (χ0n) is 12.4. The topological polar surface area (TPSA) is 49.4 Å². The van der Waals surface area contributed by atoms with E-state index in [1.165, 1.54) is 25.0 Å². The molecular weight excluding hydrogens is 310 g/mol. The van der Waals surface area contributed by atoms with E-state index in [1.807, 2.05) is 7.05 Å². The van der Waals surface area contributed by atoms with Gasteiger partial charge in [0.1, 0.15) is 0 Å². The molecule has 0 radical (unpaired) electrons. The van der Waals surface area contributed by atoms with Crippen molar-refractivity contribution in [3.8, 4) is 0 Å². The average molecular weight is 330 g/mol. The highest BCUT2D eigenvalue weighted by atomic mass is 32.2. The van der Waals surface area contributed by atoms with E-state index in [9.17, 15) is 17.2 Å². The number of rotatable bonds is 4. The van der Waals surface area contributed by atoms with Crippen molar-refractivity contribution < 1.29 is 17.2 Å². The smallest absolute Gasteiger partial charge is 0.341 e. The van der Waals surface area contributed by atoms with E-state index >= 15 is 0 Å². The molecule has 2 heterocycles. The van der Waals surface area contributed by atoms with Gasteiger partial charge in [0.25, 0.3) is 0 Å². The first kappa shape index (κ1) is 15.7. The van der Waals surface area contributed by atoms with Gasteiger partial charge in [0.05, 0.1) is 4.90 Å². The van der Waals surface area contributed by atoms with E-state index in [0.717, 1.165) is 18.5 Å². The molecule has 22 heavy (non-hydrogen) atoms.